The van der Waals surface area contributed by atoms with E-state index < -0.39 is 67.9 Å². The average Bonchev–Trinajstić information content (AvgIpc) is 3.54. The minimum Gasteiger partial charge on any atom is -0.455 e. The van der Waals surface area contributed by atoms with Crippen molar-refractivity contribution < 1.29 is 45.6 Å². The molecule has 3 fully saturated rings. The van der Waals surface area contributed by atoms with Crippen LogP contribution >= 0.6 is 11.8 Å². The molecule has 1 N–H and O–H groups in total. The number of nitrogens with zero attached hydrogens (tertiary/aromatic N) is 1. The van der Waals surface area contributed by atoms with Crippen LogP contribution in [0.3, 0.4) is 0 Å². The van der Waals surface area contributed by atoms with Crippen LogP contribution < -0.4 is 0 Å². The van der Waals surface area contributed by atoms with E-state index in [1.54, 1.807) is 43.0 Å². The number of rotatable bonds is 7. The molecule has 7 unspecified atom stereocenters. The Morgan fingerprint density at radius 2 is 1.57 bits per heavy atom. The van der Waals surface area contributed by atoms with Crippen LogP contribution in [0.25, 0.3) is 21.5 Å². The second kappa shape index (κ2) is 9.88. The number of alkyl halides is 2. The molecule has 3 saturated heterocycles. The second-order valence-corrected chi connectivity index (χ2v) is 14.0. The summed E-state index contributed by atoms with van der Waals surface area (Å²) < 4.78 is 70.8. The zero-order chi connectivity index (χ0) is 30.3. The van der Waals surface area contributed by atoms with Gasteiger partial charge in [-0.3, -0.25) is 14.1 Å². The third-order valence-electron chi connectivity index (χ3n) is 8.42. The number of thioether (sulfide) groups is 1. The van der Waals surface area contributed by atoms with Gasteiger partial charge in [0.25, 0.3) is 0 Å². The molecule has 1 amide bonds. The highest BCUT2D eigenvalue weighted by atomic mass is 32.2. The number of hydrogen-bond acceptors (Lipinski definition) is 8. The molecule has 7 atom stereocenters. The molecule has 2 bridgehead atoms. The predicted molar refractivity (Wildman–Crippen MR) is 151 cm³/mol. The van der Waals surface area contributed by atoms with Gasteiger partial charge in [0.2, 0.25) is 5.91 Å². The van der Waals surface area contributed by atoms with E-state index in [0.717, 1.165) is 10.8 Å². The summed E-state index contributed by atoms with van der Waals surface area (Å²) in [6.45, 7) is 4.23. The zero-order valence-electron chi connectivity index (χ0n) is 22.6. The van der Waals surface area contributed by atoms with Gasteiger partial charge in [0.1, 0.15) is 6.10 Å². The van der Waals surface area contributed by atoms with E-state index in [2.05, 4.69) is 0 Å². The SMILES string of the molecule is CC(C)N1C(=O)C2C3SC(C(OC(=O)c4c5ccccc5cc5ccccc45)C31)C2C(=O)OC(C)C(F)(F)S(=O)(=O)O. The Hall–Kier alpha value is -3.29. The maximum Gasteiger partial charge on any atom is 0.405 e. The van der Waals surface area contributed by atoms with E-state index in [4.69, 9.17) is 14.0 Å². The fraction of sp³-hybridized carbons (Fsp3) is 0.414. The van der Waals surface area contributed by atoms with Crippen molar-refractivity contribution >= 4 is 61.3 Å². The third-order valence-corrected chi connectivity index (χ3v) is 11.2. The van der Waals surface area contributed by atoms with Crippen molar-refractivity contribution in [3.05, 3.63) is 60.2 Å². The second-order valence-electron chi connectivity index (χ2n) is 11.1. The van der Waals surface area contributed by atoms with Crippen LogP contribution in [0.2, 0.25) is 0 Å². The highest BCUT2D eigenvalue weighted by Gasteiger charge is 2.72. The largest absolute Gasteiger partial charge is 0.455 e. The number of benzene rings is 3. The van der Waals surface area contributed by atoms with E-state index in [-0.39, 0.29) is 11.9 Å². The van der Waals surface area contributed by atoms with Gasteiger partial charge in [-0.2, -0.15) is 17.2 Å². The smallest absolute Gasteiger partial charge is 0.405 e. The first kappa shape index (κ1) is 28.8. The van der Waals surface area contributed by atoms with Gasteiger partial charge in [-0.1, -0.05) is 48.5 Å². The molecule has 0 aromatic heterocycles. The van der Waals surface area contributed by atoms with Crippen LogP contribution in [0.15, 0.2) is 54.6 Å². The molecule has 9 nitrogen and oxygen atoms in total. The van der Waals surface area contributed by atoms with Gasteiger partial charge in [0.05, 0.1) is 28.7 Å². The molecule has 3 heterocycles. The van der Waals surface area contributed by atoms with Gasteiger partial charge in [-0.05, 0) is 48.4 Å². The Bertz CT molecular complexity index is 1690. The first-order valence-electron chi connectivity index (χ1n) is 13.4. The molecule has 0 saturated carbocycles. The molecular formula is C29H27F2NO8S2. The quantitative estimate of drug-likeness (QED) is 0.234. The van der Waals surface area contributed by atoms with Gasteiger partial charge in [-0.25, -0.2) is 4.79 Å². The summed E-state index contributed by atoms with van der Waals surface area (Å²) >= 11 is 1.27. The average molecular weight is 620 g/mol. The van der Waals surface area contributed by atoms with Gasteiger partial charge >= 0.3 is 27.3 Å². The van der Waals surface area contributed by atoms with Gasteiger partial charge in [-0.15, -0.1) is 11.8 Å². The van der Waals surface area contributed by atoms with Gasteiger partial charge in [0.15, 0.2) is 6.10 Å². The number of carbonyl (C=O) groups is 3. The lowest BCUT2D eigenvalue weighted by Crippen LogP contribution is -2.52. The molecule has 42 heavy (non-hydrogen) atoms. The standard InChI is InChI=1S/C29H27F2NO8S2/c1-13(2)32-22-23(40-27(34)19-17-10-6-4-8-15(17)12-16-9-5-7-11-18(16)19)25-21(20(26(32)33)24(22)41-25)28(35)39-14(3)29(30,31)42(36,37)38/h4-14,20-25H,1-3H3,(H,36,37,38). The lowest BCUT2D eigenvalue weighted by Gasteiger charge is -2.34. The number of ether oxygens (including phenoxy) is 2. The fourth-order valence-corrected chi connectivity index (χ4v) is 9.16. The van der Waals surface area contributed by atoms with Crippen molar-refractivity contribution in [2.75, 3.05) is 0 Å². The summed E-state index contributed by atoms with van der Waals surface area (Å²) in [5.41, 5.74) is 0.328. The van der Waals surface area contributed by atoms with E-state index in [1.807, 2.05) is 30.3 Å². The molecule has 3 aliphatic rings. The minimum atomic E-state index is -5.88. The Labute approximate surface area is 244 Å². The van der Waals surface area contributed by atoms with Crippen molar-refractivity contribution in [3.8, 4) is 0 Å². The van der Waals surface area contributed by atoms with Crippen LogP contribution in [0.1, 0.15) is 31.1 Å². The third kappa shape index (κ3) is 4.19. The van der Waals surface area contributed by atoms with Crippen LogP contribution in [-0.2, 0) is 29.2 Å². The Morgan fingerprint density at radius 3 is 2.12 bits per heavy atom. The molecule has 3 aromatic rings. The summed E-state index contributed by atoms with van der Waals surface area (Å²) in [6, 6.07) is 15.8. The summed E-state index contributed by atoms with van der Waals surface area (Å²) in [6.07, 6.45) is -3.49. The van der Waals surface area contributed by atoms with Crippen LogP contribution in [0.4, 0.5) is 8.78 Å². The van der Waals surface area contributed by atoms with Gasteiger partial charge < -0.3 is 14.4 Å². The van der Waals surface area contributed by atoms with Crippen molar-refractivity contribution in [1.82, 2.24) is 4.90 Å². The van der Waals surface area contributed by atoms with Crippen molar-refractivity contribution in [2.45, 2.75) is 60.8 Å². The lowest BCUT2D eigenvalue weighted by molar-refractivity contribution is -0.168. The summed E-state index contributed by atoms with van der Waals surface area (Å²) in [4.78, 5) is 42.4. The van der Waals surface area contributed by atoms with Gasteiger partial charge in [0, 0.05) is 11.3 Å². The van der Waals surface area contributed by atoms with Crippen LogP contribution in [-0.4, -0.2) is 75.8 Å². The molecule has 0 aliphatic carbocycles. The summed E-state index contributed by atoms with van der Waals surface area (Å²) in [5.74, 6) is -4.45. The number of carbonyl (C=O) groups excluding carboxylic acids is 3. The molecule has 3 aliphatic heterocycles. The highest BCUT2D eigenvalue weighted by molar-refractivity contribution is 8.01. The summed E-state index contributed by atoms with van der Waals surface area (Å²) in [7, 11) is -5.88. The molecule has 0 spiro atoms. The number of likely N-dealkylation sites (tertiary alicyclic amines) is 1. The van der Waals surface area contributed by atoms with Crippen molar-refractivity contribution in [1.29, 1.82) is 0 Å². The number of fused-ring (bicyclic) bond motifs is 3. The zero-order valence-corrected chi connectivity index (χ0v) is 24.3. The molecule has 6 rings (SSSR count). The maximum atomic E-state index is 14.2. The molecule has 13 heteroatoms. The van der Waals surface area contributed by atoms with Crippen LogP contribution in [0.5, 0.6) is 0 Å². The van der Waals surface area contributed by atoms with E-state index >= 15 is 0 Å². The maximum absolute atomic E-state index is 14.2. The van der Waals surface area contributed by atoms with Crippen molar-refractivity contribution in [3.63, 3.8) is 0 Å². The molecular weight excluding hydrogens is 592 g/mol. The molecule has 0 radical (unpaired) electrons. The Balaban J connectivity index is 1.37. The normalized spacial score (nSPS) is 27.7. The van der Waals surface area contributed by atoms with E-state index in [9.17, 15) is 31.6 Å². The first-order valence-corrected chi connectivity index (χ1v) is 15.8. The fourth-order valence-electron chi connectivity index (χ4n) is 6.61. The number of hydrogen-bond donors (Lipinski definition) is 1. The number of esters is 2. The summed E-state index contributed by atoms with van der Waals surface area (Å²) in [5, 5.41) is -3.07. The van der Waals surface area contributed by atoms with E-state index in [1.165, 1.54) is 11.8 Å². The highest BCUT2D eigenvalue weighted by Crippen LogP contribution is 2.60. The van der Waals surface area contributed by atoms with Crippen LogP contribution in [0, 0.1) is 11.8 Å². The Morgan fingerprint density at radius 1 is 1.00 bits per heavy atom. The van der Waals surface area contributed by atoms with Crippen molar-refractivity contribution in [2.24, 2.45) is 11.8 Å². The number of halogens is 2. The topological polar surface area (TPSA) is 127 Å². The van der Waals surface area contributed by atoms with E-state index in [0.29, 0.717) is 23.3 Å². The molecule has 222 valence electrons. The minimum absolute atomic E-state index is 0.313. The molecule has 3 aromatic carbocycles. The lowest BCUT2D eigenvalue weighted by atomic mass is 9.78. The first-order chi connectivity index (χ1) is 19.7. The Kier molecular flexibility index (Phi) is 6.78. The predicted octanol–water partition coefficient (Wildman–Crippen LogP) is 4.28. The monoisotopic (exact) mass is 619 g/mol. The number of amides is 1.